The van der Waals surface area contributed by atoms with Gasteiger partial charge in [0.2, 0.25) is 5.91 Å². The third kappa shape index (κ3) is 5.48. The van der Waals surface area contributed by atoms with E-state index in [0.717, 1.165) is 45.0 Å². The summed E-state index contributed by atoms with van der Waals surface area (Å²) in [6.45, 7) is 5.10. The molecule has 7 heteroatoms. The van der Waals surface area contributed by atoms with Crippen LogP contribution in [0.15, 0.2) is 57.8 Å². The Kier molecular flexibility index (Phi) is 7.33. The van der Waals surface area contributed by atoms with Crippen molar-refractivity contribution in [3.63, 3.8) is 0 Å². The maximum absolute atomic E-state index is 13.5. The first-order chi connectivity index (χ1) is 16.4. The van der Waals surface area contributed by atoms with Crippen molar-refractivity contribution in [3.05, 3.63) is 76.5 Å². The van der Waals surface area contributed by atoms with E-state index in [-0.39, 0.29) is 11.9 Å². The standard InChI is InChI=1S/C27H32N4O3/c1-5-25-21(10-13-33-25)7-6-12-28-24(17-20-8-9-26-22(16-20)11-14-34-26)27(32)30(3)18-23-15-19(2)29-31(23)4/h5,7-11,13-16,24,28H,6,12,17-18H2,1-4H3/b21-7-,25-5+/t24-/m1/s1. The molecule has 0 aliphatic rings. The number of fused-ring (bicyclic) bond motifs is 1. The lowest BCUT2D eigenvalue weighted by Gasteiger charge is -2.25. The van der Waals surface area contributed by atoms with Crippen LogP contribution in [0.1, 0.15) is 30.3 Å². The van der Waals surface area contributed by atoms with Crippen LogP contribution in [0, 0.1) is 6.92 Å². The van der Waals surface area contributed by atoms with Crippen molar-refractivity contribution in [2.45, 2.75) is 39.3 Å². The largest absolute Gasteiger partial charge is 0.465 e. The fraction of sp³-hybridized carbons (Fsp3) is 0.333. The monoisotopic (exact) mass is 460 g/mol. The molecule has 0 saturated heterocycles. The lowest BCUT2D eigenvalue weighted by atomic mass is 10.0. The Balaban J connectivity index is 1.49. The maximum atomic E-state index is 13.5. The molecule has 1 amide bonds. The number of benzene rings is 1. The highest BCUT2D eigenvalue weighted by Gasteiger charge is 2.23. The topological polar surface area (TPSA) is 76.4 Å². The number of nitrogens with zero attached hydrogens (tertiary/aromatic N) is 3. The summed E-state index contributed by atoms with van der Waals surface area (Å²) in [4.78, 5) is 15.3. The van der Waals surface area contributed by atoms with Gasteiger partial charge < -0.3 is 19.1 Å². The molecule has 0 fully saturated rings. The lowest BCUT2D eigenvalue weighted by Crippen LogP contribution is -2.46. The Morgan fingerprint density at radius 1 is 1.21 bits per heavy atom. The predicted molar refractivity (Wildman–Crippen MR) is 133 cm³/mol. The quantitative estimate of drug-likeness (QED) is 0.389. The van der Waals surface area contributed by atoms with Gasteiger partial charge in [0.05, 0.1) is 36.5 Å². The fourth-order valence-electron chi connectivity index (χ4n) is 4.24. The minimum Gasteiger partial charge on any atom is -0.465 e. The highest BCUT2D eigenvalue weighted by atomic mass is 16.3. The van der Waals surface area contributed by atoms with E-state index in [1.165, 1.54) is 0 Å². The Bertz CT molecular complexity index is 1380. The van der Waals surface area contributed by atoms with Crippen LogP contribution in [-0.4, -0.2) is 40.2 Å². The van der Waals surface area contributed by atoms with Gasteiger partial charge in [-0.25, -0.2) is 0 Å². The molecule has 0 unspecified atom stereocenters. The van der Waals surface area contributed by atoms with Crippen LogP contribution >= 0.6 is 0 Å². The summed E-state index contributed by atoms with van der Waals surface area (Å²) in [5.74, 6) is 0.0528. The minimum atomic E-state index is -0.348. The first kappa shape index (κ1) is 23.6. The molecule has 0 aliphatic heterocycles. The molecular weight excluding hydrogens is 428 g/mol. The molecule has 7 nitrogen and oxygen atoms in total. The van der Waals surface area contributed by atoms with Gasteiger partial charge in [0, 0.05) is 24.7 Å². The van der Waals surface area contributed by atoms with Crippen LogP contribution in [0.2, 0.25) is 0 Å². The summed E-state index contributed by atoms with van der Waals surface area (Å²) in [5, 5.41) is 10.00. The number of furan rings is 2. The molecule has 4 aromatic rings. The van der Waals surface area contributed by atoms with Crippen molar-refractivity contribution < 1.29 is 13.6 Å². The van der Waals surface area contributed by atoms with Gasteiger partial charge in [-0.2, -0.15) is 5.10 Å². The van der Waals surface area contributed by atoms with Gasteiger partial charge in [-0.05, 0) is 75.2 Å². The van der Waals surface area contributed by atoms with Crippen molar-refractivity contribution in [2.75, 3.05) is 13.6 Å². The lowest BCUT2D eigenvalue weighted by molar-refractivity contribution is -0.132. The highest BCUT2D eigenvalue weighted by Crippen LogP contribution is 2.18. The van der Waals surface area contributed by atoms with Crippen molar-refractivity contribution >= 4 is 29.0 Å². The van der Waals surface area contributed by atoms with Gasteiger partial charge in [0.25, 0.3) is 0 Å². The van der Waals surface area contributed by atoms with Gasteiger partial charge >= 0.3 is 0 Å². The van der Waals surface area contributed by atoms with Crippen LogP contribution in [-0.2, 0) is 24.8 Å². The zero-order chi connectivity index (χ0) is 24.1. The van der Waals surface area contributed by atoms with Gasteiger partial charge in [-0.1, -0.05) is 12.1 Å². The van der Waals surface area contributed by atoms with E-state index in [9.17, 15) is 4.79 Å². The number of nitrogens with one attached hydrogen (secondary N) is 1. The Hall–Kier alpha value is -3.58. The van der Waals surface area contributed by atoms with Crippen molar-refractivity contribution in [3.8, 4) is 0 Å². The molecule has 1 aromatic carbocycles. The third-order valence-electron chi connectivity index (χ3n) is 6.02. The van der Waals surface area contributed by atoms with Crippen LogP contribution < -0.4 is 16.0 Å². The second-order valence-electron chi connectivity index (χ2n) is 8.62. The van der Waals surface area contributed by atoms with E-state index in [0.29, 0.717) is 19.5 Å². The number of amides is 1. The van der Waals surface area contributed by atoms with Crippen molar-refractivity contribution in [1.29, 1.82) is 0 Å². The predicted octanol–water partition coefficient (Wildman–Crippen LogP) is 2.90. The fourth-order valence-corrected chi connectivity index (χ4v) is 4.24. The third-order valence-corrected chi connectivity index (χ3v) is 6.02. The van der Waals surface area contributed by atoms with E-state index in [2.05, 4.69) is 22.6 Å². The number of carbonyl (C=O) groups excluding carboxylic acids is 1. The molecule has 3 heterocycles. The van der Waals surface area contributed by atoms with Gasteiger partial charge in [-0.3, -0.25) is 9.48 Å². The molecule has 0 aliphatic carbocycles. The summed E-state index contributed by atoms with van der Waals surface area (Å²) in [6.07, 6.45) is 8.85. The number of rotatable bonds is 9. The number of aryl methyl sites for hydroxylation is 2. The summed E-state index contributed by atoms with van der Waals surface area (Å²) in [7, 11) is 3.75. The average Bonchev–Trinajstić information content (AvgIpc) is 3.55. The molecule has 0 bridgehead atoms. The number of hydrogen-bond donors (Lipinski definition) is 1. The van der Waals surface area contributed by atoms with E-state index < -0.39 is 0 Å². The highest BCUT2D eigenvalue weighted by molar-refractivity contribution is 5.82. The molecule has 178 valence electrons. The zero-order valence-corrected chi connectivity index (χ0v) is 20.2. The Labute approximate surface area is 199 Å². The zero-order valence-electron chi connectivity index (χ0n) is 20.2. The molecule has 34 heavy (non-hydrogen) atoms. The molecule has 4 rings (SSSR count). The van der Waals surface area contributed by atoms with Gasteiger partial charge in [0.15, 0.2) is 0 Å². The number of hydrogen-bond acceptors (Lipinski definition) is 5. The Morgan fingerprint density at radius 2 is 2.03 bits per heavy atom. The summed E-state index contributed by atoms with van der Waals surface area (Å²) in [5.41, 5.74) is 4.75. The average molecular weight is 461 g/mol. The van der Waals surface area contributed by atoms with Gasteiger partial charge in [0.1, 0.15) is 11.0 Å². The normalized spacial score (nSPS) is 13.6. The van der Waals surface area contributed by atoms with Crippen molar-refractivity contribution in [2.24, 2.45) is 7.05 Å². The SMILES string of the molecule is C/C=c1/occ/c1=C/CCN[C@H](Cc1ccc2occc2c1)C(=O)N(C)Cc1cc(C)nn1C. The van der Waals surface area contributed by atoms with Crippen LogP contribution in [0.4, 0.5) is 0 Å². The number of likely N-dealkylation sites (N-methyl/N-ethyl adjacent to an activating group) is 1. The first-order valence-corrected chi connectivity index (χ1v) is 11.6. The second kappa shape index (κ2) is 10.6. The Morgan fingerprint density at radius 3 is 2.79 bits per heavy atom. The summed E-state index contributed by atoms with van der Waals surface area (Å²) in [6, 6.07) is 11.7. The smallest absolute Gasteiger partial charge is 0.240 e. The van der Waals surface area contributed by atoms with Crippen LogP contribution in [0.25, 0.3) is 23.1 Å². The molecule has 0 radical (unpaired) electrons. The van der Waals surface area contributed by atoms with E-state index in [4.69, 9.17) is 8.83 Å². The van der Waals surface area contributed by atoms with E-state index >= 15 is 0 Å². The summed E-state index contributed by atoms with van der Waals surface area (Å²) < 4.78 is 12.7. The van der Waals surface area contributed by atoms with Gasteiger partial charge in [-0.15, -0.1) is 0 Å². The van der Waals surface area contributed by atoms with E-state index in [1.807, 2.05) is 69.0 Å². The molecule has 1 atom stereocenters. The second-order valence-corrected chi connectivity index (χ2v) is 8.62. The molecule has 1 N–H and O–H groups in total. The first-order valence-electron chi connectivity index (χ1n) is 11.6. The summed E-state index contributed by atoms with van der Waals surface area (Å²) >= 11 is 0. The molecule has 0 saturated carbocycles. The molecule has 0 spiro atoms. The molecular formula is C27H32N4O3. The number of carbonyl (C=O) groups is 1. The molecule has 3 aromatic heterocycles. The van der Waals surface area contributed by atoms with Crippen molar-refractivity contribution in [1.82, 2.24) is 20.0 Å². The van der Waals surface area contributed by atoms with E-state index in [1.54, 1.807) is 17.4 Å². The maximum Gasteiger partial charge on any atom is 0.240 e. The minimum absolute atomic E-state index is 0.0528. The van der Waals surface area contributed by atoms with Crippen LogP contribution in [0.5, 0.6) is 0 Å². The number of aromatic nitrogens is 2. The van der Waals surface area contributed by atoms with Crippen LogP contribution in [0.3, 0.4) is 0 Å².